The zero-order valence-corrected chi connectivity index (χ0v) is 16.7. The second kappa shape index (κ2) is 9.45. The van der Waals surface area contributed by atoms with Crippen LogP contribution in [0.5, 0.6) is 5.75 Å². The molecule has 1 aromatic carbocycles. The van der Waals surface area contributed by atoms with Crippen molar-refractivity contribution in [2.75, 3.05) is 33.9 Å². The molecule has 2 heterocycles. The van der Waals surface area contributed by atoms with Gasteiger partial charge in [0.05, 0.1) is 13.2 Å². The van der Waals surface area contributed by atoms with E-state index in [-0.39, 0.29) is 30.8 Å². The molecule has 3 rings (SSSR count). The zero-order chi connectivity index (χ0) is 20.8. The molecule has 2 aliphatic heterocycles. The highest BCUT2D eigenvalue weighted by molar-refractivity contribution is 5.89. The summed E-state index contributed by atoms with van der Waals surface area (Å²) in [5.74, 6) is 0.716. The number of benzene rings is 1. The van der Waals surface area contributed by atoms with Crippen molar-refractivity contribution in [3.63, 3.8) is 0 Å². The van der Waals surface area contributed by atoms with Gasteiger partial charge in [0, 0.05) is 44.6 Å². The average Bonchev–Trinajstić information content (AvgIpc) is 2.76. The van der Waals surface area contributed by atoms with Crippen LogP contribution >= 0.6 is 0 Å². The molecule has 29 heavy (non-hydrogen) atoms. The summed E-state index contributed by atoms with van der Waals surface area (Å²) >= 11 is 0. The third-order valence-corrected chi connectivity index (χ3v) is 5.38. The number of azide groups is 1. The molecule has 154 valence electrons. The molecule has 0 N–H and O–H groups in total. The fourth-order valence-corrected chi connectivity index (χ4v) is 3.77. The number of hydrogen-bond acceptors (Lipinski definition) is 5. The minimum atomic E-state index is -0.480. The maximum Gasteiger partial charge on any atom is 0.255 e. The zero-order valence-electron chi connectivity index (χ0n) is 16.7. The van der Waals surface area contributed by atoms with Crippen LogP contribution in [0.15, 0.2) is 41.0 Å². The van der Waals surface area contributed by atoms with E-state index in [1.165, 1.54) is 0 Å². The molecule has 0 spiro atoms. The summed E-state index contributed by atoms with van der Waals surface area (Å²) in [6.07, 6.45) is 2.43. The minimum Gasteiger partial charge on any atom is -0.497 e. The van der Waals surface area contributed by atoms with E-state index in [4.69, 9.17) is 15.0 Å². The van der Waals surface area contributed by atoms with Gasteiger partial charge in [-0.1, -0.05) is 23.3 Å². The number of carbonyl (C=O) groups excluding carboxylic acids is 2. The van der Waals surface area contributed by atoms with Crippen molar-refractivity contribution < 1.29 is 19.1 Å². The lowest BCUT2D eigenvalue weighted by Gasteiger charge is -2.48. The average molecular weight is 399 g/mol. The SMILES string of the molecule is COc1ccc(CN2C(=O)[C@H](OC)[C@@H]2C2=CCN(C(=O)CCN=[N+]=[N-])CC2)cc1. The largest absolute Gasteiger partial charge is 0.497 e. The molecular formula is C20H25N5O4. The summed E-state index contributed by atoms with van der Waals surface area (Å²) in [5.41, 5.74) is 10.5. The summed E-state index contributed by atoms with van der Waals surface area (Å²) in [5, 5.41) is 3.41. The van der Waals surface area contributed by atoms with Gasteiger partial charge in [-0.25, -0.2) is 0 Å². The molecule has 9 nitrogen and oxygen atoms in total. The van der Waals surface area contributed by atoms with Crippen LogP contribution in [0.1, 0.15) is 18.4 Å². The van der Waals surface area contributed by atoms with Gasteiger partial charge in [0.2, 0.25) is 5.91 Å². The summed E-state index contributed by atoms with van der Waals surface area (Å²) in [6, 6.07) is 7.53. The molecule has 0 radical (unpaired) electrons. The Morgan fingerprint density at radius 1 is 1.31 bits per heavy atom. The molecule has 0 unspecified atom stereocenters. The number of likely N-dealkylation sites (tertiary alicyclic amines) is 1. The van der Waals surface area contributed by atoms with E-state index in [1.54, 1.807) is 19.1 Å². The van der Waals surface area contributed by atoms with Crippen molar-refractivity contribution in [3.8, 4) is 5.75 Å². The van der Waals surface area contributed by atoms with E-state index in [1.807, 2.05) is 35.2 Å². The first-order valence-electron chi connectivity index (χ1n) is 9.52. The van der Waals surface area contributed by atoms with E-state index in [2.05, 4.69) is 10.0 Å². The Morgan fingerprint density at radius 3 is 2.66 bits per heavy atom. The highest BCUT2D eigenvalue weighted by atomic mass is 16.5. The molecule has 2 atom stereocenters. The second-order valence-electron chi connectivity index (χ2n) is 6.99. The number of β-lactam (4-membered cyclic amide) rings is 1. The Hall–Kier alpha value is -3.03. The van der Waals surface area contributed by atoms with E-state index in [0.717, 1.165) is 16.9 Å². The lowest BCUT2D eigenvalue weighted by Crippen LogP contribution is -2.66. The van der Waals surface area contributed by atoms with Crippen molar-refractivity contribution >= 4 is 11.8 Å². The molecule has 1 saturated heterocycles. The fourth-order valence-electron chi connectivity index (χ4n) is 3.77. The van der Waals surface area contributed by atoms with Crippen LogP contribution in [0.4, 0.5) is 0 Å². The number of methoxy groups -OCH3 is 2. The van der Waals surface area contributed by atoms with E-state index in [9.17, 15) is 9.59 Å². The highest BCUT2D eigenvalue weighted by Gasteiger charge is 2.49. The van der Waals surface area contributed by atoms with Crippen LogP contribution in [0.3, 0.4) is 0 Å². The Bertz CT molecular complexity index is 832. The van der Waals surface area contributed by atoms with Crippen LogP contribution in [-0.2, 0) is 20.9 Å². The first kappa shape index (κ1) is 20.7. The van der Waals surface area contributed by atoms with Crippen molar-refractivity contribution in [2.24, 2.45) is 5.11 Å². The number of amides is 2. The van der Waals surface area contributed by atoms with Gasteiger partial charge in [-0.15, -0.1) is 0 Å². The van der Waals surface area contributed by atoms with Crippen molar-refractivity contribution in [1.29, 1.82) is 0 Å². The van der Waals surface area contributed by atoms with Crippen molar-refractivity contribution in [3.05, 3.63) is 51.9 Å². The lowest BCUT2D eigenvalue weighted by atomic mass is 9.86. The molecule has 9 heteroatoms. The standard InChI is InChI=1S/C20H25N5O4/c1-28-16-5-3-14(4-6-16)13-25-18(19(29-2)20(25)27)15-8-11-24(12-9-15)17(26)7-10-22-23-21/h3-6,8,18-19H,7,9-13H2,1-2H3/t18-,19+/m0/s1. The fraction of sp³-hybridized carbons (Fsp3) is 0.500. The summed E-state index contributed by atoms with van der Waals surface area (Å²) in [6.45, 7) is 1.74. The molecule has 0 saturated carbocycles. The van der Waals surface area contributed by atoms with Crippen molar-refractivity contribution in [1.82, 2.24) is 9.80 Å². The molecular weight excluding hydrogens is 374 g/mol. The summed E-state index contributed by atoms with van der Waals surface area (Å²) in [7, 11) is 3.17. The third kappa shape index (κ3) is 4.52. The van der Waals surface area contributed by atoms with E-state index in [0.29, 0.717) is 26.1 Å². The summed E-state index contributed by atoms with van der Waals surface area (Å²) < 4.78 is 10.6. The van der Waals surface area contributed by atoms with Crippen LogP contribution in [0.2, 0.25) is 0 Å². The van der Waals surface area contributed by atoms with Gasteiger partial charge in [0.25, 0.3) is 5.91 Å². The van der Waals surface area contributed by atoms with Gasteiger partial charge in [-0.2, -0.15) is 0 Å². The van der Waals surface area contributed by atoms with Crippen LogP contribution in [0.25, 0.3) is 10.4 Å². The molecule has 1 fully saturated rings. The van der Waals surface area contributed by atoms with Gasteiger partial charge in [-0.3, -0.25) is 9.59 Å². The minimum absolute atomic E-state index is 0.0258. The topological polar surface area (TPSA) is 108 Å². The lowest BCUT2D eigenvalue weighted by molar-refractivity contribution is -0.168. The summed E-state index contributed by atoms with van der Waals surface area (Å²) in [4.78, 5) is 30.9. The Balaban J connectivity index is 1.65. The van der Waals surface area contributed by atoms with Gasteiger partial charge in [0.1, 0.15) is 5.75 Å². The molecule has 0 aliphatic carbocycles. The molecule has 1 aromatic rings. The Labute approximate surface area is 169 Å². The second-order valence-corrected chi connectivity index (χ2v) is 6.99. The highest BCUT2D eigenvalue weighted by Crippen LogP contribution is 2.33. The van der Waals surface area contributed by atoms with Gasteiger partial charge in [0.15, 0.2) is 6.10 Å². The first-order chi connectivity index (χ1) is 14.1. The van der Waals surface area contributed by atoms with Gasteiger partial charge in [-0.05, 0) is 35.2 Å². The normalized spacial score (nSPS) is 21.2. The maximum atomic E-state index is 12.5. The van der Waals surface area contributed by atoms with Crippen LogP contribution in [-0.4, -0.2) is 67.6 Å². The number of carbonyl (C=O) groups is 2. The first-order valence-corrected chi connectivity index (χ1v) is 9.52. The van der Waals surface area contributed by atoms with Gasteiger partial charge < -0.3 is 19.3 Å². The van der Waals surface area contributed by atoms with Crippen LogP contribution in [0, 0.1) is 0 Å². The predicted molar refractivity (Wildman–Crippen MR) is 106 cm³/mol. The predicted octanol–water partition coefficient (Wildman–Crippen LogP) is 2.28. The number of rotatable bonds is 8. The van der Waals surface area contributed by atoms with Crippen LogP contribution < -0.4 is 4.74 Å². The van der Waals surface area contributed by atoms with E-state index >= 15 is 0 Å². The molecule has 2 amide bonds. The van der Waals surface area contributed by atoms with E-state index < -0.39 is 6.10 Å². The Kier molecular flexibility index (Phi) is 6.74. The monoisotopic (exact) mass is 399 g/mol. The number of nitrogens with zero attached hydrogens (tertiary/aromatic N) is 5. The maximum absolute atomic E-state index is 12.5. The van der Waals surface area contributed by atoms with Gasteiger partial charge >= 0.3 is 0 Å². The molecule has 0 bridgehead atoms. The Morgan fingerprint density at radius 2 is 2.07 bits per heavy atom. The van der Waals surface area contributed by atoms with Crippen molar-refractivity contribution in [2.45, 2.75) is 31.5 Å². The number of ether oxygens (including phenoxy) is 2. The molecule has 2 aliphatic rings. The third-order valence-electron chi connectivity index (χ3n) is 5.38. The quantitative estimate of drug-likeness (QED) is 0.220. The number of hydrogen-bond donors (Lipinski definition) is 0. The molecule has 0 aromatic heterocycles. The smallest absolute Gasteiger partial charge is 0.255 e.